The molecule has 0 spiro atoms. The third-order valence-corrected chi connectivity index (χ3v) is 6.50. The average Bonchev–Trinajstić information content (AvgIpc) is 3.38. The average molecular weight is 469 g/mol. The summed E-state index contributed by atoms with van der Waals surface area (Å²) in [5.41, 5.74) is 1.61. The second-order valence-corrected chi connectivity index (χ2v) is 9.15. The molecule has 0 saturated carbocycles. The summed E-state index contributed by atoms with van der Waals surface area (Å²) in [6, 6.07) is 3.73. The summed E-state index contributed by atoms with van der Waals surface area (Å²) in [5.74, 6) is 0.303. The van der Waals surface area contributed by atoms with Crippen molar-refractivity contribution < 1.29 is 4.79 Å². The van der Waals surface area contributed by atoms with Crippen LogP contribution < -0.4 is 10.9 Å². The molecule has 0 aliphatic carbocycles. The van der Waals surface area contributed by atoms with E-state index < -0.39 is 0 Å². The largest absolute Gasteiger partial charge is 0.369 e. The fraction of sp³-hybridized carbons (Fsp3) is 0.318. The monoisotopic (exact) mass is 468 g/mol. The molecule has 1 aliphatic rings. The molecule has 0 atom stereocenters. The lowest BCUT2D eigenvalue weighted by Gasteiger charge is -2.13. The van der Waals surface area contributed by atoms with Crippen LogP contribution in [0.2, 0.25) is 0 Å². The van der Waals surface area contributed by atoms with E-state index in [0.29, 0.717) is 39.3 Å². The molecule has 0 bridgehead atoms. The zero-order chi connectivity index (χ0) is 22.7. The molecule has 4 heterocycles. The second-order valence-electron chi connectivity index (χ2n) is 7.48. The lowest BCUT2D eigenvalue weighted by atomic mass is 10.2. The molecule has 0 radical (unpaired) electrons. The molecule has 1 saturated heterocycles. The van der Waals surface area contributed by atoms with Crippen LogP contribution >= 0.6 is 24.0 Å². The van der Waals surface area contributed by atoms with Gasteiger partial charge in [-0.1, -0.05) is 37.0 Å². The van der Waals surface area contributed by atoms with Gasteiger partial charge in [-0.25, -0.2) is 9.97 Å². The molecule has 1 N–H and O–H groups in total. The Labute approximate surface area is 195 Å². The number of aromatic nitrogens is 4. The highest BCUT2D eigenvalue weighted by Crippen LogP contribution is 2.33. The van der Waals surface area contributed by atoms with Crippen molar-refractivity contribution in [2.75, 3.05) is 18.4 Å². The number of nitrogens with zero attached hydrogens (tertiary/aromatic N) is 5. The third-order valence-electron chi connectivity index (χ3n) is 5.13. The van der Waals surface area contributed by atoms with Gasteiger partial charge in [0.25, 0.3) is 11.5 Å². The lowest BCUT2D eigenvalue weighted by Crippen LogP contribution is -2.28. The topological polar surface area (TPSA) is 84.5 Å². The Kier molecular flexibility index (Phi) is 6.71. The molecule has 1 aliphatic heterocycles. The van der Waals surface area contributed by atoms with Crippen molar-refractivity contribution in [1.29, 1.82) is 0 Å². The number of hydrogen-bond acceptors (Lipinski definition) is 7. The van der Waals surface area contributed by atoms with E-state index in [9.17, 15) is 9.59 Å². The number of nitrogens with one attached hydrogen (secondary N) is 1. The summed E-state index contributed by atoms with van der Waals surface area (Å²) in [6.07, 6.45) is 10.4. The van der Waals surface area contributed by atoms with Gasteiger partial charge in [0.1, 0.15) is 15.8 Å². The molecule has 166 valence electrons. The number of fused-ring (bicyclic) bond motifs is 1. The second kappa shape index (κ2) is 9.66. The van der Waals surface area contributed by atoms with Crippen LogP contribution in [0.5, 0.6) is 0 Å². The molecule has 8 nitrogen and oxygen atoms in total. The first kappa shape index (κ1) is 22.2. The highest BCUT2D eigenvalue weighted by Gasteiger charge is 2.32. The van der Waals surface area contributed by atoms with Gasteiger partial charge in [0, 0.05) is 38.2 Å². The van der Waals surface area contributed by atoms with Crippen molar-refractivity contribution in [2.24, 2.45) is 0 Å². The van der Waals surface area contributed by atoms with Crippen molar-refractivity contribution in [3.8, 4) is 0 Å². The Morgan fingerprint density at radius 3 is 2.84 bits per heavy atom. The smallest absolute Gasteiger partial charge is 0.267 e. The Bertz CT molecular complexity index is 1250. The van der Waals surface area contributed by atoms with Gasteiger partial charge in [-0.15, -0.1) is 0 Å². The summed E-state index contributed by atoms with van der Waals surface area (Å²) >= 11 is 6.59. The van der Waals surface area contributed by atoms with Gasteiger partial charge in [0.2, 0.25) is 0 Å². The SMILES string of the molecule is CCCN1C(=O)C(=Cc2c(NCCCn3ccnc3)nc3c(C)cccn3c2=O)SC1=S. The zero-order valence-electron chi connectivity index (χ0n) is 17.9. The summed E-state index contributed by atoms with van der Waals surface area (Å²) in [7, 11) is 0. The quantitative estimate of drug-likeness (QED) is 0.308. The number of aryl methyl sites for hydroxylation is 2. The lowest BCUT2D eigenvalue weighted by molar-refractivity contribution is -0.122. The molecule has 1 amide bonds. The Balaban J connectivity index is 1.69. The highest BCUT2D eigenvalue weighted by atomic mass is 32.2. The van der Waals surface area contributed by atoms with Crippen molar-refractivity contribution in [1.82, 2.24) is 23.8 Å². The standard InChI is InChI=1S/C22H24N6O2S2/c1-3-9-28-21(30)17(32-22(28)31)13-16-18(24-7-5-10-26-12-8-23-14-26)25-19-15(2)6-4-11-27(19)20(16)29/h4,6,8,11-14,24H,3,5,7,9-10H2,1-2H3. The normalized spacial score (nSPS) is 15.3. The maximum Gasteiger partial charge on any atom is 0.267 e. The van der Waals surface area contributed by atoms with Crippen LogP contribution in [-0.4, -0.2) is 47.2 Å². The Morgan fingerprint density at radius 2 is 2.09 bits per heavy atom. The van der Waals surface area contributed by atoms with E-state index in [1.807, 2.05) is 36.7 Å². The maximum atomic E-state index is 13.4. The predicted octanol–water partition coefficient (Wildman–Crippen LogP) is 3.31. The molecular formula is C22H24N6O2S2. The number of hydrogen-bond donors (Lipinski definition) is 1. The van der Waals surface area contributed by atoms with E-state index in [-0.39, 0.29) is 11.5 Å². The number of pyridine rings is 1. The van der Waals surface area contributed by atoms with Gasteiger partial charge >= 0.3 is 0 Å². The van der Waals surface area contributed by atoms with Crippen LogP contribution in [0, 0.1) is 6.92 Å². The van der Waals surface area contributed by atoms with Crippen LogP contribution in [-0.2, 0) is 11.3 Å². The number of thioether (sulfide) groups is 1. The number of thiocarbonyl (C=S) groups is 1. The molecule has 1 fully saturated rings. The first-order valence-electron chi connectivity index (χ1n) is 10.5. The Hall–Kier alpha value is -2.98. The van der Waals surface area contributed by atoms with Crippen LogP contribution in [0.1, 0.15) is 30.9 Å². The minimum absolute atomic E-state index is 0.165. The van der Waals surface area contributed by atoms with E-state index in [0.717, 1.165) is 24.9 Å². The Morgan fingerprint density at radius 1 is 1.25 bits per heavy atom. The number of imidazole rings is 1. The predicted molar refractivity (Wildman–Crippen MR) is 132 cm³/mol. The van der Waals surface area contributed by atoms with Crippen molar-refractivity contribution in [3.63, 3.8) is 0 Å². The van der Waals surface area contributed by atoms with Gasteiger partial charge < -0.3 is 9.88 Å². The number of carbonyl (C=O) groups excluding carboxylic acids is 1. The van der Waals surface area contributed by atoms with Gasteiger partial charge in [-0.05, 0) is 37.5 Å². The summed E-state index contributed by atoms with van der Waals surface area (Å²) in [5, 5.41) is 3.30. The number of carbonyl (C=O) groups is 1. The fourth-order valence-corrected chi connectivity index (χ4v) is 4.80. The molecule has 3 aromatic rings. The molecule has 0 aromatic carbocycles. The van der Waals surface area contributed by atoms with Crippen LogP contribution in [0.4, 0.5) is 5.82 Å². The molecule has 32 heavy (non-hydrogen) atoms. The van der Waals surface area contributed by atoms with Gasteiger partial charge in [-0.3, -0.25) is 18.9 Å². The van der Waals surface area contributed by atoms with E-state index >= 15 is 0 Å². The number of anilines is 1. The zero-order valence-corrected chi connectivity index (χ0v) is 19.6. The van der Waals surface area contributed by atoms with Gasteiger partial charge in [0.05, 0.1) is 16.8 Å². The summed E-state index contributed by atoms with van der Waals surface area (Å²) in [4.78, 5) is 37.0. The van der Waals surface area contributed by atoms with E-state index in [1.165, 1.54) is 16.2 Å². The van der Waals surface area contributed by atoms with Crippen molar-refractivity contribution in [2.45, 2.75) is 33.2 Å². The highest BCUT2D eigenvalue weighted by molar-refractivity contribution is 8.26. The maximum absolute atomic E-state index is 13.4. The molecule has 3 aromatic heterocycles. The summed E-state index contributed by atoms with van der Waals surface area (Å²) < 4.78 is 4.03. The molecular weight excluding hydrogens is 444 g/mol. The van der Waals surface area contributed by atoms with Crippen molar-refractivity contribution in [3.05, 3.63) is 63.4 Å². The van der Waals surface area contributed by atoms with Gasteiger partial charge in [0.15, 0.2) is 0 Å². The number of rotatable bonds is 8. The first-order valence-corrected chi connectivity index (χ1v) is 11.7. The van der Waals surface area contributed by atoms with E-state index in [2.05, 4.69) is 10.3 Å². The third kappa shape index (κ3) is 4.46. The van der Waals surface area contributed by atoms with E-state index in [1.54, 1.807) is 29.7 Å². The van der Waals surface area contributed by atoms with Crippen LogP contribution in [0.3, 0.4) is 0 Å². The molecule has 10 heteroatoms. The summed E-state index contributed by atoms with van der Waals surface area (Å²) in [6.45, 7) is 5.89. The van der Waals surface area contributed by atoms with Crippen LogP contribution in [0.25, 0.3) is 11.7 Å². The van der Waals surface area contributed by atoms with E-state index in [4.69, 9.17) is 17.2 Å². The van der Waals surface area contributed by atoms with Gasteiger partial charge in [-0.2, -0.15) is 0 Å². The molecule has 0 unspecified atom stereocenters. The molecule has 4 rings (SSSR count). The van der Waals surface area contributed by atoms with Crippen molar-refractivity contribution >= 4 is 51.7 Å². The number of amides is 1. The fourth-order valence-electron chi connectivity index (χ4n) is 3.51. The first-order chi connectivity index (χ1) is 15.5. The minimum atomic E-state index is -0.225. The minimum Gasteiger partial charge on any atom is -0.369 e. The van der Waals surface area contributed by atoms with Crippen LogP contribution in [0.15, 0.2) is 46.8 Å².